The predicted molar refractivity (Wildman–Crippen MR) is 79.1 cm³/mol. The number of hydrogen-bond donors (Lipinski definition) is 1. The molecule has 5 heteroatoms. The first kappa shape index (κ1) is 16.2. The first-order valence-corrected chi connectivity index (χ1v) is 7.90. The third kappa shape index (κ3) is 5.30. The maximum Gasteiger partial charge on any atom is 0.0701 e. The first-order chi connectivity index (χ1) is 9.79. The second-order valence-electron chi connectivity index (χ2n) is 5.96. The monoisotopic (exact) mass is 286 g/mol. The lowest BCUT2D eigenvalue weighted by molar-refractivity contribution is 0.0170. The average molecular weight is 286 g/mol. The summed E-state index contributed by atoms with van der Waals surface area (Å²) < 4.78 is 15.9. The Kier molecular flexibility index (Phi) is 7.24. The molecule has 2 aliphatic rings. The molecule has 0 spiro atoms. The summed E-state index contributed by atoms with van der Waals surface area (Å²) in [6.45, 7) is 4.45. The molecular formula is C15H30N2O3. The third-order valence-electron chi connectivity index (χ3n) is 4.46. The van der Waals surface area contributed by atoms with Crippen molar-refractivity contribution >= 4 is 0 Å². The van der Waals surface area contributed by atoms with Gasteiger partial charge < -0.3 is 24.4 Å². The largest absolute Gasteiger partial charge is 0.382 e. The fourth-order valence-electron chi connectivity index (χ4n) is 3.24. The maximum absolute atomic E-state index is 5.62. The van der Waals surface area contributed by atoms with E-state index in [9.17, 15) is 0 Å². The van der Waals surface area contributed by atoms with Gasteiger partial charge in [-0.2, -0.15) is 0 Å². The van der Waals surface area contributed by atoms with Crippen LogP contribution < -0.4 is 5.32 Å². The van der Waals surface area contributed by atoms with Crippen molar-refractivity contribution in [3.8, 4) is 0 Å². The molecule has 20 heavy (non-hydrogen) atoms. The van der Waals surface area contributed by atoms with Crippen LogP contribution in [0.4, 0.5) is 0 Å². The Morgan fingerprint density at radius 3 is 2.20 bits per heavy atom. The molecule has 0 saturated carbocycles. The van der Waals surface area contributed by atoms with Gasteiger partial charge in [-0.15, -0.1) is 0 Å². The molecule has 5 nitrogen and oxygen atoms in total. The SMILES string of the molecule is COCCOCCOCCN(C)C1CC2CCC(C1)N2. The standard InChI is InChI=1S/C15H30N2O3/c1-17(5-6-19-9-10-20-8-7-18-2)15-11-13-3-4-14(12-15)16-13/h13-16H,3-12H2,1-2H3. The van der Waals surface area contributed by atoms with Gasteiger partial charge in [0.05, 0.1) is 33.0 Å². The summed E-state index contributed by atoms with van der Waals surface area (Å²) in [6.07, 6.45) is 5.33. The van der Waals surface area contributed by atoms with Gasteiger partial charge in [0.1, 0.15) is 0 Å². The van der Waals surface area contributed by atoms with Gasteiger partial charge >= 0.3 is 0 Å². The highest BCUT2D eigenvalue weighted by molar-refractivity contribution is 4.95. The molecule has 2 heterocycles. The zero-order valence-electron chi connectivity index (χ0n) is 13.0. The van der Waals surface area contributed by atoms with E-state index in [-0.39, 0.29) is 0 Å². The minimum atomic E-state index is 0.650. The summed E-state index contributed by atoms with van der Waals surface area (Å²) in [6, 6.07) is 2.25. The van der Waals surface area contributed by atoms with Crippen LogP contribution in [0.25, 0.3) is 0 Å². The van der Waals surface area contributed by atoms with Crippen LogP contribution >= 0.6 is 0 Å². The summed E-state index contributed by atoms with van der Waals surface area (Å²) >= 11 is 0. The second-order valence-corrected chi connectivity index (χ2v) is 5.96. The van der Waals surface area contributed by atoms with E-state index >= 15 is 0 Å². The molecule has 2 rings (SSSR count). The maximum atomic E-state index is 5.62. The number of piperidine rings is 1. The van der Waals surface area contributed by atoms with Gasteiger partial charge in [0, 0.05) is 31.8 Å². The molecule has 2 saturated heterocycles. The molecule has 2 fully saturated rings. The van der Waals surface area contributed by atoms with E-state index in [4.69, 9.17) is 14.2 Å². The van der Waals surface area contributed by atoms with Gasteiger partial charge in [0.2, 0.25) is 0 Å². The van der Waals surface area contributed by atoms with E-state index in [1.54, 1.807) is 7.11 Å². The normalized spacial score (nSPS) is 29.2. The lowest BCUT2D eigenvalue weighted by atomic mass is 9.99. The fraction of sp³-hybridized carbons (Fsp3) is 1.00. The Balaban J connectivity index is 1.47. The molecule has 2 bridgehead atoms. The van der Waals surface area contributed by atoms with Crippen LogP contribution in [0.3, 0.4) is 0 Å². The molecule has 118 valence electrons. The van der Waals surface area contributed by atoms with E-state index in [1.165, 1.54) is 25.7 Å². The van der Waals surface area contributed by atoms with Crippen molar-refractivity contribution < 1.29 is 14.2 Å². The number of methoxy groups -OCH3 is 1. The molecule has 2 unspecified atom stereocenters. The number of fused-ring (bicyclic) bond motifs is 2. The van der Waals surface area contributed by atoms with E-state index in [0.717, 1.165) is 31.3 Å². The number of hydrogen-bond acceptors (Lipinski definition) is 5. The van der Waals surface area contributed by atoms with Crippen LogP contribution in [0.1, 0.15) is 25.7 Å². The lowest BCUT2D eigenvalue weighted by Crippen LogP contribution is -2.47. The Labute approximate surface area is 122 Å². The summed E-state index contributed by atoms with van der Waals surface area (Å²) in [7, 11) is 3.91. The molecule has 0 radical (unpaired) electrons. The first-order valence-electron chi connectivity index (χ1n) is 7.90. The Hall–Kier alpha value is -0.200. The van der Waals surface area contributed by atoms with Gasteiger partial charge in [-0.05, 0) is 32.7 Å². The predicted octanol–water partition coefficient (Wildman–Crippen LogP) is 0.881. The van der Waals surface area contributed by atoms with Crippen molar-refractivity contribution in [1.29, 1.82) is 0 Å². The van der Waals surface area contributed by atoms with Crippen molar-refractivity contribution in [1.82, 2.24) is 10.2 Å². The lowest BCUT2D eigenvalue weighted by Gasteiger charge is -2.35. The molecule has 0 aromatic carbocycles. The average Bonchev–Trinajstić information content (AvgIpc) is 2.80. The number of likely N-dealkylation sites (N-methyl/N-ethyl adjacent to an activating group) is 1. The summed E-state index contributed by atoms with van der Waals surface area (Å²) in [5.41, 5.74) is 0. The Morgan fingerprint density at radius 2 is 1.55 bits per heavy atom. The summed E-state index contributed by atoms with van der Waals surface area (Å²) in [5.74, 6) is 0. The molecule has 2 atom stereocenters. The second kappa shape index (κ2) is 8.95. The van der Waals surface area contributed by atoms with Gasteiger partial charge in [-0.25, -0.2) is 0 Å². The smallest absolute Gasteiger partial charge is 0.0701 e. The molecule has 0 aromatic heterocycles. The van der Waals surface area contributed by atoms with Crippen molar-refractivity contribution in [2.24, 2.45) is 0 Å². The Bertz CT molecular complexity index is 254. The topological polar surface area (TPSA) is 43.0 Å². The highest BCUT2D eigenvalue weighted by atomic mass is 16.5. The number of ether oxygens (including phenoxy) is 3. The van der Waals surface area contributed by atoms with Gasteiger partial charge in [-0.3, -0.25) is 0 Å². The Morgan fingerprint density at radius 1 is 0.950 bits per heavy atom. The van der Waals surface area contributed by atoms with E-state index in [2.05, 4.69) is 17.3 Å². The minimum Gasteiger partial charge on any atom is -0.382 e. The van der Waals surface area contributed by atoms with E-state index in [1.807, 2.05) is 0 Å². The van der Waals surface area contributed by atoms with Gasteiger partial charge in [0.25, 0.3) is 0 Å². The zero-order valence-corrected chi connectivity index (χ0v) is 13.0. The van der Waals surface area contributed by atoms with E-state index in [0.29, 0.717) is 26.4 Å². The number of nitrogens with zero attached hydrogens (tertiary/aromatic N) is 1. The summed E-state index contributed by atoms with van der Waals surface area (Å²) in [4.78, 5) is 2.47. The van der Waals surface area contributed by atoms with Gasteiger partial charge in [-0.1, -0.05) is 0 Å². The van der Waals surface area contributed by atoms with Crippen LogP contribution in [0.2, 0.25) is 0 Å². The van der Waals surface area contributed by atoms with Crippen LogP contribution in [-0.2, 0) is 14.2 Å². The minimum absolute atomic E-state index is 0.650. The van der Waals surface area contributed by atoms with Crippen molar-refractivity contribution in [3.63, 3.8) is 0 Å². The zero-order chi connectivity index (χ0) is 14.2. The molecule has 0 aromatic rings. The molecule has 0 amide bonds. The third-order valence-corrected chi connectivity index (χ3v) is 4.46. The molecule has 2 aliphatic heterocycles. The van der Waals surface area contributed by atoms with Gasteiger partial charge in [0.15, 0.2) is 0 Å². The van der Waals surface area contributed by atoms with E-state index < -0.39 is 0 Å². The molecule has 1 N–H and O–H groups in total. The highest BCUT2D eigenvalue weighted by Gasteiger charge is 2.34. The fourth-order valence-corrected chi connectivity index (χ4v) is 3.24. The van der Waals surface area contributed by atoms with Crippen molar-refractivity contribution in [2.75, 3.05) is 53.7 Å². The number of nitrogens with one attached hydrogen (secondary N) is 1. The quantitative estimate of drug-likeness (QED) is 0.604. The van der Waals surface area contributed by atoms with Crippen molar-refractivity contribution in [2.45, 2.75) is 43.8 Å². The molecular weight excluding hydrogens is 256 g/mol. The molecule has 0 aliphatic carbocycles. The van der Waals surface area contributed by atoms with Crippen LogP contribution in [0.15, 0.2) is 0 Å². The van der Waals surface area contributed by atoms with Crippen molar-refractivity contribution in [3.05, 3.63) is 0 Å². The van der Waals surface area contributed by atoms with Crippen LogP contribution in [0, 0.1) is 0 Å². The van der Waals surface area contributed by atoms with Crippen LogP contribution in [0.5, 0.6) is 0 Å². The summed E-state index contributed by atoms with van der Waals surface area (Å²) in [5, 5.41) is 3.69. The van der Waals surface area contributed by atoms with Crippen LogP contribution in [-0.4, -0.2) is 76.8 Å². The number of rotatable bonds is 10. The highest BCUT2D eigenvalue weighted by Crippen LogP contribution is 2.28.